The van der Waals surface area contributed by atoms with Crippen molar-refractivity contribution in [2.24, 2.45) is 5.16 Å². The lowest BCUT2D eigenvalue weighted by molar-refractivity contribution is -0.536. The highest BCUT2D eigenvalue weighted by atomic mass is 35.6. The second-order valence-corrected chi connectivity index (χ2v) is 7.83. The molecule has 104 valence electrons. The molecule has 0 aliphatic heterocycles. The predicted molar refractivity (Wildman–Crippen MR) is 71.7 cm³/mol. The van der Waals surface area contributed by atoms with E-state index >= 15 is 0 Å². The lowest BCUT2D eigenvalue weighted by Crippen LogP contribution is -2.33. The number of alkyl halides is 3. The molecule has 0 aromatic heterocycles. The van der Waals surface area contributed by atoms with Crippen molar-refractivity contribution in [2.75, 3.05) is 7.05 Å². The number of nitrogens with zero attached hydrogens (tertiary/aromatic N) is 3. The number of carbonyl (C=O) groups excluding carboxylic acids is 1. The molecule has 0 aromatic carbocycles. The highest BCUT2D eigenvalue weighted by Gasteiger charge is 2.30. The molecule has 7 nitrogen and oxygen atoms in total. The Morgan fingerprint density at radius 1 is 1.50 bits per heavy atom. The molecule has 0 N–H and O–H groups in total. The predicted octanol–water partition coefficient (Wildman–Crippen LogP) is 3.07. The van der Waals surface area contributed by atoms with E-state index in [0.717, 1.165) is 10.5 Å². The van der Waals surface area contributed by atoms with Crippen LogP contribution in [-0.2, 0) is 4.84 Å². The topological polar surface area (TPSA) is 85.0 Å². The van der Waals surface area contributed by atoms with Crippen molar-refractivity contribution in [2.45, 2.75) is 22.5 Å². The summed E-state index contributed by atoms with van der Waals surface area (Å²) >= 11 is 16.9. The zero-order chi connectivity index (χ0) is 14.6. The molecule has 0 unspecified atom stereocenters. The Morgan fingerprint density at radius 3 is 2.39 bits per heavy atom. The van der Waals surface area contributed by atoms with Crippen molar-refractivity contribution >= 4 is 59.1 Å². The SMILES string of the molecule is CN(SC(Cl)(Cl)Cl)C(=O)O/N=C/C(C)(C)[N+](=O)[O-]. The third-order valence-corrected chi connectivity index (χ3v) is 2.72. The molecule has 0 aliphatic rings. The second-order valence-electron chi connectivity index (χ2n) is 3.54. The van der Waals surface area contributed by atoms with Gasteiger partial charge in [-0.1, -0.05) is 40.0 Å². The van der Waals surface area contributed by atoms with Crippen LogP contribution in [0.3, 0.4) is 0 Å². The van der Waals surface area contributed by atoms with Gasteiger partial charge < -0.3 is 0 Å². The zero-order valence-electron chi connectivity index (χ0n) is 9.59. The Hall–Kier alpha value is -0.440. The van der Waals surface area contributed by atoms with E-state index < -0.39 is 19.7 Å². The molecule has 0 radical (unpaired) electrons. The van der Waals surface area contributed by atoms with Gasteiger partial charge >= 0.3 is 6.09 Å². The van der Waals surface area contributed by atoms with Crippen molar-refractivity contribution in [3.8, 4) is 0 Å². The normalized spacial score (nSPS) is 12.6. The Morgan fingerprint density at radius 2 is 2.00 bits per heavy atom. The maximum absolute atomic E-state index is 11.3. The van der Waals surface area contributed by atoms with Gasteiger partial charge in [0.05, 0.1) is 0 Å². The fourth-order valence-electron chi connectivity index (χ4n) is 0.498. The largest absolute Gasteiger partial charge is 0.445 e. The zero-order valence-corrected chi connectivity index (χ0v) is 12.7. The van der Waals surface area contributed by atoms with E-state index in [-0.39, 0.29) is 0 Å². The van der Waals surface area contributed by atoms with Gasteiger partial charge in [0.1, 0.15) is 6.21 Å². The molecule has 0 aromatic rings. The van der Waals surface area contributed by atoms with Crippen molar-refractivity contribution in [1.82, 2.24) is 4.31 Å². The van der Waals surface area contributed by atoms with Crippen LogP contribution >= 0.6 is 46.8 Å². The Kier molecular flexibility index (Phi) is 6.48. The second kappa shape index (κ2) is 6.65. The van der Waals surface area contributed by atoms with Gasteiger partial charge in [0.15, 0.2) is 0 Å². The Bertz CT molecular complexity index is 358. The Balaban J connectivity index is 4.35. The lowest BCUT2D eigenvalue weighted by Gasteiger charge is -2.17. The first-order valence-corrected chi connectivity index (χ1v) is 6.26. The van der Waals surface area contributed by atoms with Gasteiger partial charge in [-0.15, -0.1) is 0 Å². The molecular weight excluding hydrogens is 329 g/mol. The van der Waals surface area contributed by atoms with Gasteiger partial charge in [0.25, 0.3) is 8.66 Å². The third-order valence-electron chi connectivity index (χ3n) is 1.47. The number of oxime groups is 1. The van der Waals surface area contributed by atoms with Crippen molar-refractivity contribution in [3.05, 3.63) is 10.1 Å². The van der Waals surface area contributed by atoms with Gasteiger partial charge in [0.2, 0.25) is 0 Å². The molecule has 0 aliphatic carbocycles. The minimum absolute atomic E-state index is 0.576. The van der Waals surface area contributed by atoms with Gasteiger partial charge in [0, 0.05) is 37.8 Å². The van der Waals surface area contributed by atoms with E-state index in [4.69, 9.17) is 34.8 Å². The first-order valence-electron chi connectivity index (χ1n) is 4.35. The van der Waals surface area contributed by atoms with Crippen LogP contribution in [-0.4, -0.2) is 37.2 Å². The number of hydrogen-bond donors (Lipinski definition) is 0. The van der Waals surface area contributed by atoms with Gasteiger partial charge in [-0.3, -0.25) is 15.0 Å². The van der Waals surface area contributed by atoms with Crippen LogP contribution in [0.5, 0.6) is 0 Å². The average Bonchev–Trinajstić information content (AvgIpc) is 2.14. The molecular formula is C7H10Cl3N3O4S. The molecule has 0 spiro atoms. The standard InChI is InChI=1S/C7H10Cl3N3O4S/c1-6(2,13(15)16)4-11-17-5(14)12(3)18-7(8,9)10/h4H,1-3H3/b11-4+. The van der Waals surface area contributed by atoms with Crippen LogP contribution < -0.4 is 0 Å². The summed E-state index contributed by atoms with van der Waals surface area (Å²) in [5.74, 6) is 0. The monoisotopic (exact) mass is 337 g/mol. The smallest absolute Gasteiger partial charge is 0.297 e. The molecule has 0 saturated heterocycles. The maximum Gasteiger partial charge on any atom is 0.445 e. The minimum atomic E-state index is -1.72. The van der Waals surface area contributed by atoms with Crippen LogP contribution in [0, 0.1) is 10.1 Å². The quantitative estimate of drug-likeness (QED) is 0.196. The molecule has 0 rings (SSSR count). The van der Waals surface area contributed by atoms with Crippen LogP contribution in [0.25, 0.3) is 0 Å². The summed E-state index contributed by atoms with van der Waals surface area (Å²) in [6, 6.07) is 0. The number of carbonyl (C=O) groups is 1. The van der Waals surface area contributed by atoms with E-state index in [1.165, 1.54) is 20.9 Å². The maximum atomic E-state index is 11.3. The highest BCUT2D eigenvalue weighted by Crippen LogP contribution is 2.40. The van der Waals surface area contributed by atoms with E-state index in [0.29, 0.717) is 11.9 Å². The van der Waals surface area contributed by atoms with Crippen molar-refractivity contribution in [1.29, 1.82) is 0 Å². The van der Waals surface area contributed by atoms with Crippen LogP contribution in [0.2, 0.25) is 0 Å². The number of rotatable bonds is 4. The van der Waals surface area contributed by atoms with Crippen LogP contribution in [0.1, 0.15) is 13.8 Å². The molecule has 18 heavy (non-hydrogen) atoms. The Labute approximate surface area is 123 Å². The number of nitro groups is 1. The fraction of sp³-hybridized carbons (Fsp3) is 0.714. The summed E-state index contributed by atoms with van der Waals surface area (Å²) in [5, 5.41) is 13.7. The third kappa shape index (κ3) is 7.10. The first-order chi connectivity index (χ1) is 7.96. The minimum Gasteiger partial charge on any atom is -0.297 e. The molecule has 0 atom stereocenters. The first kappa shape index (κ1) is 17.6. The summed E-state index contributed by atoms with van der Waals surface area (Å²) in [6.45, 7) is 2.59. The summed E-state index contributed by atoms with van der Waals surface area (Å²) in [5.41, 5.74) is -1.44. The molecule has 0 saturated carbocycles. The van der Waals surface area contributed by atoms with Crippen LogP contribution in [0.4, 0.5) is 4.79 Å². The summed E-state index contributed by atoms with van der Waals surface area (Å²) < 4.78 is -0.832. The molecule has 1 amide bonds. The highest BCUT2D eigenvalue weighted by molar-refractivity contribution is 8.03. The average molecular weight is 339 g/mol. The van der Waals surface area contributed by atoms with Crippen molar-refractivity contribution in [3.63, 3.8) is 0 Å². The number of hydrogen-bond acceptors (Lipinski definition) is 6. The summed E-state index contributed by atoms with van der Waals surface area (Å²) in [6.07, 6.45) is -0.0413. The molecule has 0 fully saturated rings. The van der Waals surface area contributed by atoms with E-state index in [1.807, 2.05) is 0 Å². The van der Waals surface area contributed by atoms with Crippen LogP contribution in [0.15, 0.2) is 5.16 Å². The summed E-state index contributed by atoms with van der Waals surface area (Å²) in [4.78, 5) is 25.6. The van der Waals surface area contributed by atoms with E-state index in [2.05, 4.69) is 9.99 Å². The van der Waals surface area contributed by atoms with E-state index in [9.17, 15) is 14.9 Å². The lowest BCUT2D eigenvalue weighted by atomic mass is 10.1. The van der Waals surface area contributed by atoms with Gasteiger partial charge in [-0.25, -0.2) is 9.10 Å². The number of halogens is 3. The number of amides is 1. The molecule has 0 heterocycles. The van der Waals surface area contributed by atoms with Gasteiger partial charge in [-0.2, -0.15) is 0 Å². The van der Waals surface area contributed by atoms with Crippen molar-refractivity contribution < 1.29 is 14.6 Å². The molecule has 0 bridgehead atoms. The van der Waals surface area contributed by atoms with E-state index in [1.54, 1.807) is 0 Å². The van der Waals surface area contributed by atoms with Gasteiger partial charge in [-0.05, 0) is 0 Å². The summed E-state index contributed by atoms with van der Waals surface area (Å²) in [7, 11) is 1.29. The fourth-order valence-corrected chi connectivity index (χ4v) is 1.85. The molecule has 11 heteroatoms.